The lowest BCUT2D eigenvalue weighted by molar-refractivity contribution is 0.741. The van der Waals surface area contributed by atoms with Crippen LogP contribution in [0.2, 0.25) is 0 Å². The SMILES string of the molecule is c1ccc(-c2ccc(C3=NC(c4cccc5c4C4(c6ccccc6-c6ccccc64)c4ccccc4-5)Nc4ccccc43)cc2)cc1. The second kappa shape index (κ2) is 10.0. The number of nitrogens with one attached hydrogen (secondary N) is 1. The van der Waals surface area contributed by atoms with E-state index in [2.05, 4.69) is 175 Å². The number of nitrogens with zero attached hydrogens (tertiary/aromatic N) is 1. The first-order valence-corrected chi connectivity index (χ1v) is 16.3. The zero-order valence-corrected chi connectivity index (χ0v) is 25.7. The molecule has 220 valence electrons. The summed E-state index contributed by atoms with van der Waals surface area (Å²) < 4.78 is 0. The molecule has 2 nitrogen and oxygen atoms in total. The summed E-state index contributed by atoms with van der Waals surface area (Å²) in [5.74, 6) is 0. The van der Waals surface area contributed by atoms with E-state index in [1.807, 2.05) is 0 Å². The topological polar surface area (TPSA) is 24.4 Å². The summed E-state index contributed by atoms with van der Waals surface area (Å²) in [4.78, 5) is 5.58. The quantitative estimate of drug-likeness (QED) is 0.215. The summed E-state index contributed by atoms with van der Waals surface area (Å²) in [5, 5.41) is 3.87. The summed E-state index contributed by atoms with van der Waals surface area (Å²) in [7, 11) is 0. The molecule has 0 aromatic heterocycles. The van der Waals surface area contributed by atoms with Crippen LogP contribution in [0.3, 0.4) is 0 Å². The molecule has 1 heterocycles. The Morgan fingerprint density at radius 2 is 0.894 bits per heavy atom. The van der Waals surface area contributed by atoms with Crippen LogP contribution in [0.25, 0.3) is 33.4 Å². The van der Waals surface area contributed by atoms with Crippen LogP contribution in [-0.4, -0.2) is 5.71 Å². The van der Waals surface area contributed by atoms with Crippen molar-refractivity contribution in [2.45, 2.75) is 11.6 Å². The van der Waals surface area contributed by atoms with Gasteiger partial charge in [0.2, 0.25) is 0 Å². The third kappa shape index (κ3) is 3.64. The van der Waals surface area contributed by atoms with Crippen LogP contribution < -0.4 is 5.32 Å². The first-order valence-electron chi connectivity index (χ1n) is 16.3. The minimum Gasteiger partial charge on any atom is -0.359 e. The van der Waals surface area contributed by atoms with Crippen molar-refractivity contribution in [2.75, 3.05) is 5.32 Å². The molecule has 2 aliphatic carbocycles. The van der Waals surface area contributed by atoms with Gasteiger partial charge >= 0.3 is 0 Å². The van der Waals surface area contributed by atoms with Gasteiger partial charge in [0.1, 0.15) is 6.17 Å². The van der Waals surface area contributed by atoms with Gasteiger partial charge in [-0.1, -0.05) is 164 Å². The van der Waals surface area contributed by atoms with Gasteiger partial charge in [0.25, 0.3) is 0 Å². The van der Waals surface area contributed by atoms with Crippen LogP contribution >= 0.6 is 0 Å². The molecule has 0 bridgehead atoms. The first kappa shape index (κ1) is 26.2. The molecule has 1 aliphatic heterocycles. The van der Waals surface area contributed by atoms with Crippen LogP contribution in [0.4, 0.5) is 5.69 Å². The normalized spacial score (nSPS) is 15.9. The highest BCUT2D eigenvalue weighted by atomic mass is 15.1. The third-order valence-corrected chi connectivity index (χ3v) is 10.3. The van der Waals surface area contributed by atoms with E-state index in [1.54, 1.807) is 0 Å². The Hall–Kier alpha value is -5.99. The first-order chi connectivity index (χ1) is 23.3. The van der Waals surface area contributed by atoms with E-state index < -0.39 is 5.41 Å². The van der Waals surface area contributed by atoms with E-state index in [0.29, 0.717) is 0 Å². The van der Waals surface area contributed by atoms with Gasteiger partial charge in [0, 0.05) is 22.4 Å². The van der Waals surface area contributed by atoms with E-state index in [0.717, 1.165) is 22.5 Å². The fourth-order valence-corrected chi connectivity index (χ4v) is 8.44. The van der Waals surface area contributed by atoms with Crippen molar-refractivity contribution >= 4 is 11.4 Å². The minimum atomic E-state index is -0.429. The average molecular weight is 599 g/mol. The average Bonchev–Trinajstić information content (AvgIpc) is 3.62. The fraction of sp³-hybridized carbons (Fsp3) is 0.0444. The molecule has 2 heteroatoms. The smallest absolute Gasteiger partial charge is 0.145 e. The Balaban J connectivity index is 1.21. The molecule has 1 spiro atoms. The van der Waals surface area contributed by atoms with Crippen LogP contribution in [0.15, 0.2) is 175 Å². The summed E-state index contributed by atoms with van der Waals surface area (Å²) >= 11 is 0. The van der Waals surface area contributed by atoms with Crippen molar-refractivity contribution in [3.63, 3.8) is 0 Å². The van der Waals surface area contributed by atoms with Crippen LogP contribution in [0.1, 0.15) is 45.1 Å². The second-order valence-electron chi connectivity index (χ2n) is 12.7. The molecule has 1 unspecified atom stereocenters. The largest absolute Gasteiger partial charge is 0.359 e. The molecule has 0 amide bonds. The lowest BCUT2D eigenvalue weighted by Gasteiger charge is -2.34. The number of fused-ring (bicyclic) bond motifs is 11. The second-order valence-corrected chi connectivity index (χ2v) is 12.7. The maximum atomic E-state index is 5.58. The maximum Gasteiger partial charge on any atom is 0.145 e. The number of aliphatic imine (C=N–C) groups is 1. The minimum absolute atomic E-state index is 0.269. The molecule has 3 aliphatic rings. The molecule has 1 N–H and O–H groups in total. The molecule has 10 rings (SSSR count). The third-order valence-electron chi connectivity index (χ3n) is 10.3. The highest BCUT2D eigenvalue weighted by molar-refractivity contribution is 6.17. The zero-order chi connectivity index (χ0) is 31.0. The molecule has 0 radical (unpaired) electrons. The lowest BCUT2D eigenvalue weighted by atomic mass is 9.69. The summed E-state index contributed by atoms with van der Waals surface area (Å²) in [6.07, 6.45) is -0.269. The van der Waals surface area contributed by atoms with Crippen LogP contribution in [0, 0.1) is 0 Å². The molecule has 0 fully saturated rings. The number of hydrogen-bond acceptors (Lipinski definition) is 2. The highest BCUT2D eigenvalue weighted by Crippen LogP contribution is 2.64. The molecule has 47 heavy (non-hydrogen) atoms. The predicted molar refractivity (Wildman–Crippen MR) is 193 cm³/mol. The van der Waals surface area contributed by atoms with Gasteiger partial charge in [0.15, 0.2) is 0 Å². The monoisotopic (exact) mass is 598 g/mol. The van der Waals surface area contributed by atoms with Gasteiger partial charge in [-0.3, -0.25) is 4.99 Å². The maximum absolute atomic E-state index is 5.58. The molecule has 7 aromatic carbocycles. The molecular formula is C45H30N2. The van der Waals surface area contributed by atoms with Crippen molar-refractivity contribution < 1.29 is 0 Å². The van der Waals surface area contributed by atoms with E-state index >= 15 is 0 Å². The van der Waals surface area contributed by atoms with Crippen molar-refractivity contribution in [2.24, 2.45) is 4.99 Å². The highest BCUT2D eigenvalue weighted by Gasteiger charge is 2.53. The molecule has 1 atom stereocenters. The van der Waals surface area contributed by atoms with E-state index in [4.69, 9.17) is 4.99 Å². The van der Waals surface area contributed by atoms with Gasteiger partial charge < -0.3 is 5.32 Å². The van der Waals surface area contributed by atoms with Crippen molar-refractivity contribution in [1.82, 2.24) is 0 Å². The van der Waals surface area contributed by atoms with E-state index in [1.165, 1.54) is 61.2 Å². The number of benzene rings is 7. The number of anilines is 1. The summed E-state index contributed by atoms with van der Waals surface area (Å²) in [6.45, 7) is 0. The number of para-hydroxylation sites is 1. The zero-order valence-electron chi connectivity index (χ0n) is 25.7. The van der Waals surface area contributed by atoms with Crippen molar-refractivity contribution in [3.8, 4) is 33.4 Å². The van der Waals surface area contributed by atoms with E-state index in [-0.39, 0.29) is 6.17 Å². The van der Waals surface area contributed by atoms with Crippen molar-refractivity contribution in [3.05, 3.63) is 209 Å². The van der Waals surface area contributed by atoms with Crippen LogP contribution in [-0.2, 0) is 5.41 Å². The standard InChI is InChI=1S/C45H30N2/c1-2-13-29(14-3-1)30-25-27-31(28-26-30)43-36-18-7-11-24-41(36)46-44(47-43)37-20-12-19-35-34-17-6-10-23-40(34)45(42(35)37)38-21-8-4-15-32(38)33-16-5-9-22-39(33)45/h1-28,44,46H. The molecular weight excluding hydrogens is 569 g/mol. The Morgan fingerprint density at radius 3 is 1.55 bits per heavy atom. The number of hydrogen-bond donors (Lipinski definition) is 1. The van der Waals surface area contributed by atoms with Crippen LogP contribution in [0.5, 0.6) is 0 Å². The molecule has 0 saturated carbocycles. The van der Waals surface area contributed by atoms with Gasteiger partial charge in [-0.2, -0.15) is 0 Å². The lowest BCUT2D eigenvalue weighted by Crippen LogP contribution is -2.29. The van der Waals surface area contributed by atoms with Gasteiger partial charge in [0.05, 0.1) is 11.1 Å². The van der Waals surface area contributed by atoms with Gasteiger partial charge in [-0.05, 0) is 61.7 Å². The van der Waals surface area contributed by atoms with Gasteiger partial charge in [-0.25, -0.2) is 0 Å². The molecule has 0 saturated heterocycles. The molecule has 7 aromatic rings. The summed E-state index contributed by atoms with van der Waals surface area (Å²) in [5.41, 5.74) is 18.1. The Labute approximate surface area is 274 Å². The summed E-state index contributed by atoms with van der Waals surface area (Å²) in [6, 6.07) is 61.8. The Morgan fingerprint density at radius 1 is 0.404 bits per heavy atom. The van der Waals surface area contributed by atoms with Gasteiger partial charge in [-0.15, -0.1) is 0 Å². The predicted octanol–water partition coefficient (Wildman–Crippen LogP) is 10.7. The van der Waals surface area contributed by atoms with E-state index in [9.17, 15) is 0 Å². The Bertz CT molecular complexity index is 2320. The fourth-order valence-electron chi connectivity index (χ4n) is 8.44. The Kier molecular flexibility index (Phi) is 5.59. The number of rotatable bonds is 3. The van der Waals surface area contributed by atoms with Crippen molar-refractivity contribution in [1.29, 1.82) is 0 Å².